The van der Waals surface area contributed by atoms with Crippen LogP contribution < -0.4 is 10.1 Å². The average molecular weight is 441 g/mol. The van der Waals surface area contributed by atoms with E-state index in [1.165, 1.54) is 18.2 Å². The summed E-state index contributed by atoms with van der Waals surface area (Å²) < 4.78 is 10.5. The van der Waals surface area contributed by atoms with Gasteiger partial charge in [-0.3, -0.25) is 4.79 Å². The molecule has 0 aliphatic heterocycles. The van der Waals surface area contributed by atoms with Crippen LogP contribution in [0.1, 0.15) is 39.4 Å². The van der Waals surface area contributed by atoms with Crippen LogP contribution >= 0.6 is 0 Å². The van der Waals surface area contributed by atoms with Crippen LogP contribution in [0.5, 0.6) is 11.5 Å². The molecule has 2 N–H and O–H groups in total. The predicted molar refractivity (Wildman–Crippen MR) is 125 cm³/mol. The topological polar surface area (TPSA) is 84.9 Å². The Morgan fingerprint density at radius 3 is 2.36 bits per heavy atom. The predicted octanol–water partition coefficient (Wildman–Crippen LogP) is 4.49. The smallest absolute Gasteiger partial charge is 0.407 e. The van der Waals surface area contributed by atoms with E-state index in [0.29, 0.717) is 24.8 Å². The van der Waals surface area contributed by atoms with Gasteiger partial charge in [0.15, 0.2) is 17.8 Å². The molecule has 4 rings (SSSR count). The SMILES string of the molecule is COc1ccc(C#CCCNC(=O)OCC2c3ccccc3-c3ccccc32)c(C=O)c1O. The van der Waals surface area contributed by atoms with Crippen LogP contribution in [0.2, 0.25) is 0 Å². The molecule has 0 unspecified atom stereocenters. The number of carbonyl (C=O) groups is 2. The van der Waals surface area contributed by atoms with E-state index in [0.717, 1.165) is 11.1 Å². The molecular formula is C27H23NO5. The first-order valence-electron chi connectivity index (χ1n) is 10.6. The van der Waals surface area contributed by atoms with Gasteiger partial charge in [-0.15, -0.1) is 0 Å². The van der Waals surface area contributed by atoms with Crippen molar-refractivity contribution in [2.24, 2.45) is 0 Å². The van der Waals surface area contributed by atoms with E-state index in [1.807, 2.05) is 24.3 Å². The molecule has 0 aromatic heterocycles. The Kier molecular flexibility index (Phi) is 6.61. The van der Waals surface area contributed by atoms with Gasteiger partial charge in [0.1, 0.15) is 6.61 Å². The highest BCUT2D eigenvalue weighted by atomic mass is 16.5. The molecule has 1 aliphatic carbocycles. The molecule has 3 aromatic carbocycles. The van der Waals surface area contributed by atoms with E-state index in [1.54, 1.807) is 12.1 Å². The highest BCUT2D eigenvalue weighted by molar-refractivity contribution is 5.85. The second-order valence-electron chi connectivity index (χ2n) is 7.50. The fourth-order valence-electron chi connectivity index (χ4n) is 4.02. The number of carbonyl (C=O) groups excluding carboxylic acids is 2. The van der Waals surface area contributed by atoms with Gasteiger partial charge >= 0.3 is 6.09 Å². The van der Waals surface area contributed by atoms with Crippen LogP contribution in [0.4, 0.5) is 4.79 Å². The number of aromatic hydroxyl groups is 1. The van der Waals surface area contributed by atoms with Crippen molar-refractivity contribution >= 4 is 12.4 Å². The van der Waals surface area contributed by atoms with Gasteiger partial charge in [-0.2, -0.15) is 0 Å². The van der Waals surface area contributed by atoms with Crippen molar-refractivity contribution in [3.63, 3.8) is 0 Å². The van der Waals surface area contributed by atoms with Crippen molar-refractivity contribution in [3.05, 3.63) is 82.9 Å². The van der Waals surface area contributed by atoms with Crippen molar-refractivity contribution < 1.29 is 24.2 Å². The summed E-state index contributed by atoms with van der Waals surface area (Å²) in [4.78, 5) is 23.5. The zero-order chi connectivity index (χ0) is 23.2. The van der Waals surface area contributed by atoms with Crippen LogP contribution in [0, 0.1) is 11.8 Å². The van der Waals surface area contributed by atoms with Gasteiger partial charge in [0, 0.05) is 24.4 Å². The summed E-state index contributed by atoms with van der Waals surface area (Å²) in [6, 6.07) is 19.5. The van der Waals surface area contributed by atoms with E-state index >= 15 is 0 Å². The lowest BCUT2D eigenvalue weighted by Gasteiger charge is -2.14. The number of amides is 1. The maximum absolute atomic E-state index is 12.2. The monoisotopic (exact) mass is 441 g/mol. The number of nitrogens with one attached hydrogen (secondary N) is 1. The number of rotatable bonds is 6. The van der Waals surface area contributed by atoms with Crippen molar-refractivity contribution in [2.75, 3.05) is 20.3 Å². The van der Waals surface area contributed by atoms with Crippen LogP contribution in [-0.2, 0) is 4.74 Å². The Bertz CT molecular complexity index is 1210. The third-order valence-electron chi connectivity index (χ3n) is 5.60. The summed E-state index contributed by atoms with van der Waals surface area (Å²) in [5, 5.41) is 12.7. The summed E-state index contributed by atoms with van der Waals surface area (Å²) in [5.74, 6) is 5.70. The molecule has 33 heavy (non-hydrogen) atoms. The fourth-order valence-corrected chi connectivity index (χ4v) is 4.02. The maximum atomic E-state index is 12.2. The molecule has 1 amide bonds. The van der Waals surface area contributed by atoms with Crippen LogP contribution in [0.15, 0.2) is 60.7 Å². The molecule has 0 fully saturated rings. The summed E-state index contributed by atoms with van der Waals surface area (Å²) in [7, 11) is 1.41. The average Bonchev–Trinajstić information content (AvgIpc) is 3.16. The number of methoxy groups -OCH3 is 1. The van der Waals surface area contributed by atoms with Crippen LogP contribution in [0.3, 0.4) is 0 Å². The molecule has 1 aliphatic rings. The lowest BCUT2D eigenvalue weighted by atomic mass is 9.98. The van der Waals surface area contributed by atoms with Gasteiger partial charge in [0.05, 0.1) is 12.7 Å². The van der Waals surface area contributed by atoms with E-state index < -0.39 is 6.09 Å². The number of phenolic OH excluding ortho intramolecular Hbond substituents is 1. The largest absolute Gasteiger partial charge is 0.504 e. The second kappa shape index (κ2) is 9.92. The van der Waals surface area contributed by atoms with Crippen molar-refractivity contribution in [2.45, 2.75) is 12.3 Å². The van der Waals surface area contributed by atoms with E-state index in [9.17, 15) is 14.7 Å². The van der Waals surface area contributed by atoms with E-state index in [-0.39, 0.29) is 29.6 Å². The number of hydrogen-bond acceptors (Lipinski definition) is 5. The van der Waals surface area contributed by atoms with E-state index in [4.69, 9.17) is 9.47 Å². The standard InChI is InChI=1S/C27H23NO5/c1-32-25-14-13-18(23(16-29)26(25)30)8-6-7-15-28-27(31)33-17-24-21-11-4-2-9-19(21)20-10-3-5-12-22(20)24/h2-5,9-14,16,24,30H,7,15,17H2,1H3,(H,28,31). The number of alkyl carbamates (subject to hydrolysis) is 1. The first kappa shape index (κ1) is 22.0. The zero-order valence-electron chi connectivity index (χ0n) is 18.1. The molecule has 0 bridgehead atoms. The van der Waals surface area contributed by atoms with Gasteiger partial charge in [-0.25, -0.2) is 4.79 Å². The maximum Gasteiger partial charge on any atom is 0.407 e. The Labute approximate surface area is 192 Å². The van der Waals surface area contributed by atoms with Crippen LogP contribution in [-0.4, -0.2) is 37.7 Å². The molecule has 0 radical (unpaired) electrons. The Hall–Kier alpha value is -4.24. The molecular weight excluding hydrogens is 418 g/mol. The number of fused-ring (bicyclic) bond motifs is 3. The minimum atomic E-state index is -0.505. The minimum Gasteiger partial charge on any atom is -0.504 e. The Morgan fingerprint density at radius 1 is 1.06 bits per heavy atom. The van der Waals surface area contributed by atoms with Gasteiger partial charge in [0.2, 0.25) is 0 Å². The number of benzene rings is 3. The number of ether oxygens (including phenoxy) is 2. The Morgan fingerprint density at radius 2 is 1.73 bits per heavy atom. The van der Waals surface area contributed by atoms with Crippen molar-refractivity contribution in [1.82, 2.24) is 5.32 Å². The van der Waals surface area contributed by atoms with Gasteiger partial charge in [-0.1, -0.05) is 60.4 Å². The van der Waals surface area contributed by atoms with Gasteiger partial charge in [0.25, 0.3) is 0 Å². The molecule has 0 saturated carbocycles. The molecule has 0 heterocycles. The highest BCUT2D eigenvalue weighted by Gasteiger charge is 2.28. The van der Waals surface area contributed by atoms with Gasteiger partial charge < -0.3 is 19.9 Å². The summed E-state index contributed by atoms with van der Waals surface area (Å²) in [5.41, 5.74) is 5.14. The third kappa shape index (κ3) is 4.53. The lowest BCUT2D eigenvalue weighted by Crippen LogP contribution is -2.26. The summed E-state index contributed by atoms with van der Waals surface area (Å²) in [6.07, 6.45) is 0.390. The molecule has 6 heteroatoms. The highest BCUT2D eigenvalue weighted by Crippen LogP contribution is 2.44. The fraction of sp³-hybridized carbons (Fsp3) is 0.185. The Balaban J connectivity index is 1.31. The molecule has 0 atom stereocenters. The quantitative estimate of drug-likeness (QED) is 0.334. The second-order valence-corrected chi connectivity index (χ2v) is 7.50. The first-order chi connectivity index (χ1) is 16.1. The molecule has 3 aromatic rings. The van der Waals surface area contributed by atoms with Crippen LogP contribution in [0.25, 0.3) is 11.1 Å². The molecule has 0 spiro atoms. The first-order valence-corrected chi connectivity index (χ1v) is 10.6. The molecule has 6 nitrogen and oxygen atoms in total. The molecule has 166 valence electrons. The van der Waals surface area contributed by atoms with E-state index in [2.05, 4.69) is 41.4 Å². The number of aldehydes is 1. The number of phenols is 1. The van der Waals surface area contributed by atoms with Crippen molar-refractivity contribution in [1.29, 1.82) is 0 Å². The number of hydrogen-bond donors (Lipinski definition) is 2. The summed E-state index contributed by atoms with van der Waals surface area (Å²) in [6.45, 7) is 0.543. The van der Waals surface area contributed by atoms with Gasteiger partial charge in [-0.05, 0) is 34.4 Å². The zero-order valence-corrected chi connectivity index (χ0v) is 18.1. The minimum absolute atomic E-state index is 0.00690. The normalized spacial score (nSPS) is 11.5. The summed E-state index contributed by atoms with van der Waals surface area (Å²) >= 11 is 0. The lowest BCUT2D eigenvalue weighted by molar-refractivity contribution is 0.112. The molecule has 0 saturated heterocycles. The third-order valence-corrected chi connectivity index (χ3v) is 5.60. The van der Waals surface area contributed by atoms with Crippen molar-refractivity contribution in [3.8, 4) is 34.5 Å².